The van der Waals surface area contributed by atoms with Crippen molar-refractivity contribution >= 4 is 11.8 Å². The predicted octanol–water partition coefficient (Wildman–Crippen LogP) is -2.69. The Balaban J connectivity index is 3.89. The minimum atomic E-state index is -0.931. The fourth-order valence-corrected chi connectivity index (χ4v) is 0.222. The van der Waals surface area contributed by atoms with E-state index in [1.807, 2.05) is 0 Å². The molecule has 0 atom stereocenters. The quantitative estimate of drug-likeness (QED) is 0.144. The molecular formula is C3H8N4O2. The molecule has 0 unspecified atom stereocenters. The molecule has 0 radical (unpaired) electrons. The van der Waals surface area contributed by atoms with Crippen molar-refractivity contribution in [3.05, 3.63) is 0 Å². The molecule has 5 N–H and O–H groups in total. The molecule has 0 fully saturated rings. The van der Waals surface area contributed by atoms with Crippen LogP contribution in [-0.4, -0.2) is 23.9 Å². The van der Waals surface area contributed by atoms with Crippen molar-refractivity contribution in [2.75, 3.05) is 7.05 Å². The molecule has 2 amide bonds. The zero-order valence-electron chi connectivity index (χ0n) is 4.92. The third kappa shape index (κ3) is 2.06. The Bertz CT molecular complexity index is 132. The lowest BCUT2D eigenvalue weighted by Crippen LogP contribution is -2.46. The van der Waals surface area contributed by atoms with Crippen molar-refractivity contribution in [1.29, 1.82) is 0 Å². The Hall–Kier alpha value is -1.14. The summed E-state index contributed by atoms with van der Waals surface area (Å²) in [5.74, 6) is 7.68. The van der Waals surface area contributed by atoms with Crippen LogP contribution in [0.3, 0.4) is 0 Å². The smallest absolute Gasteiger partial charge is 0.286 e. The van der Waals surface area contributed by atoms with Gasteiger partial charge < -0.3 is 0 Å². The summed E-state index contributed by atoms with van der Waals surface area (Å²) in [7, 11) is 1.25. The van der Waals surface area contributed by atoms with Gasteiger partial charge in [-0.3, -0.25) is 20.0 Å². The van der Waals surface area contributed by atoms with Crippen LogP contribution in [0.5, 0.6) is 0 Å². The first-order valence-corrected chi connectivity index (χ1v) is 2.13. The van der Waals surface area contributed by atoms with Crippen molar-refractivity contribution in [1.82, 2.24) is 10.4 Å². The average molecular weight is 132 g/mol. The number of rotatable bonds is 0. The second-order valence-corrected chi connectivity index (χ2v) is 1.39. The molecule has 0 spiro atoms. The van der Waals surface area contributed by atoms with Gasteiger partial charge in [0.15, 0.2) is 0 Å². The highest BCUT2D eigenvalue weighted by atomic mass is 16.2. The lowest BCUT2D eigenvalue weighted by molar-refractivity contribution is -0.145. The highest BCUT2D eigenvalue weighted by Crippen LogP contribution is 1.70. The summed E-state index contributed by atoms with van der Waals surface area (Å²) in [4.78, 5) is 20.6. The Morgan fingerprint density at radius 1 is 1.56 bits per heavy atom. The average Bonchev–Trinajstić information content (AvgIpc) is 1.84. The SMILES string of the molecule is CN(N)C(=O)C(=O)NN. The number of hydrogen-bond donors (Lipinski definition) is 3. The summed E-state index contributed by atoms with van der Waals surface area (Å²) in [5.41, 5.74) is 1.64. The molecule has 0 saturated carbocycles. The van der Waals surface area contributed by atoms with Crippen LogP contribution in [0.4, 0.5) is 0 Å². The van der Waals surface area contributed by atoms with Crippen LogP contribution in [0.15, 0.2) is 0 Å². The van der Waals surface area contributed by atoms with E-state index in [2.05, 4.69) is 5.84 Å². The van der Waals surface area contributed by atoms with E-state index < -0.39 is 11.8 Å². The van der Waals surface area contributed by atoms with Crippen LogP contribution < -0.4 is 17.1 Å². The van der Waals surface area contributed by atoms with Gasteiger partial charge in [0.1, 0.15) is 0 Å². The minimum Gasteiger partial charge on any atom is -0.286 e. The van der Waals surface area contributed by atoms with Gasteiger partial charge in [-0.05, 0) is 0 Å². The van der Waals surface area contributed by atoms with E-state index in [0.717, 1.165) is 0 Å². The van der Waals surface area contributed by atoms with E-state index in [0.29, 0.717) is 5.01 Å². The number of nitrogens with two attached hydrogens (primary N) is 2. The maximum Gasteiger partial charge on any atom is 0.326 e. The first-order valence-electron chi connectivity index (χ1n) is 2.13. The fourth-order valence-electron chi connectivity index (χ4n) is 0.222. The monoisotopic (exact) mass is 132 g/mol. The molecule has 52 valence electrons. The maximum atomic E-state index is 10.4. The molecule has 6 heteroatoms. The maximum absolute atomic E-state index is 10.4. The lowest BCUT2D eigenvalue weighted by Gasteiger charge is -2.06. The summed E-state index contributed by atoms with van der Waals surface area (Å²) in [6.45, 7) is 0. The van der Waals surface area contributed by atoms with Crippen LogP contribution >= 0.6 is 0 Å². The third-order valence-electron chi connectivity index (χ3n) is 0.646. The summed E-state index contributed by atoms with van der Waals surface area (Å²) < 4.78 is 0. The van der Waals surface area contributed by atoms with Crippen LogP contribution in [-0.2, 0) is 9.59 Å². The number of amides is 2. The summed E-state index contributed by atoms with van der Waals surface area (Å²) in [5, 5.41) is 0.641. The zero-order chi connectivity index (χ0) is 7.44. The lowest BCUT2D eigenvalue weighted by atomic mass is 10.6. The molecule has 0 aromatic rings. The standard InChI is InChI=1S/C3H8N4O2/c1-7(5)3(9)2(8)6-4/h4-5H2,1H3,(H,6,8). The van der Waals surface area contributed by atoms with Gasteiger partial charge in [0.05, 0.1) is 0 Å². The number of carbonyl (C=O) groups excluding carboxylic acids is 2. The second kappa shape index (κ2) is 3.00. The van der Waals surface area contributed by atoms with Crippen molar-refractivity contribution in [3.8, 4) is 0 Å². The third-order valence-corrected chi connectivity index (χ3v) is 0.646. The van der Waals surface area contributed by atoms with Gasteiger partial charge in [-0.1, -0.05) is 0 Å². The topological polar surface area (TPSA) is 101 Å². The second-order valence-electron chi connectivity index (χ2n) is 1.39. The Labute approximate surface area is 51.7 Å². The summed E-state index contributed by atoms with van der Waals surface area (Å²) in [6, 6.07) is 0. The van der Waals surface area contributed by atoms with Crippen LogP contribution in [0.1, 0.15) is 0 Å². The van der Waals surface area contributed by atoms with Crippen LogP contribution in [0, 0.1) is 0 Å². The summed E-state index contributed by atoms with van der Waals surface area (Å²) >= 11 is 0. The molecule has 0 heterocycles. The molecule has 0 aliphatic heterocycles. The van der Waals surface area contributed by atoms with E-state index in [-0.39, 0.29) is 0 Å². The molecule has 6 nitrogen and oxygen atoms in total. The van der Waals surface area contributed by atoms with Gasteiger partial charge in [0, 0.05) is 7.05 Å². The van der Waals surface area contributed by atoms with Crippen LogP contribution in [0.25, 0.3) is 0 Å². The molecule has 9 heavy (non-hydrogen) atoms. The molecule has 0 bridgehead atoms. The number of nitrogens with zero attached hydrogens (tertiary/aromatic N) is 1. The van der Waals surface area contributed by atoms with Crippen LogP contribution in [0.2, 0.25) is 0 Å². The highest BCUT2D eigenvalue weighted by molar-refractivity contribution is 6.34. The van der Waals surface area contributed by atoms with Gasteiger partial charge in [-0.2, -0.15) is 0 Å². The Kier molecular flexibility index (Phi) is 2.62. The molecule has 0 saturated heterocycles. The largest absolute Gasteiger partial charge is 0.326 e. The van der Waals surface area contributed by atoms with E-state index in [9.17, 15) is 9.59 Å². The van der Waals surface area contributed by atoms with Crippen molar-refractivity contribution < 1.29 is 9.59 Å². The molecular weight excluding hydrogens is 124 g/mol. The Morgan fingerprint density at radius 2 is 2.00 bits per heavy atom. The van der Waals surface area contributed by atoms with Crippen molar-refractivity contribution in [2.24, 2.45) is 11.7 Å². The van der Waals surface area contributed by atoms with Gasteiger partial charge in [-0.25, -0.2) is 11.7 Å². The van der Waals surface area contributed by atoms with E-state index in [1.54, 1.807) is 5.43 Å². The van der Waals surface area contributed by atoms with E-state index in [1.165, 1.54) is 7.05 Å². The van der Waals surface area contributed by atoms with Crippen molar-refractivity contribution in [2.45, 2.75) is 0 Å². The van der Waals surface area contributed by atoms with Gasteiger partial charge in [0.25, 0.3) is 0 Å². The van der Waals surface area contributed by atoms with Crippen molar-refractivity contribution in [3.63, 3.8) is 0 Å². The molecule has 0 rings (SSSR count). The zero-order valence-corrected chi connectivity index (χ0v) is 4.92. The van der Waals surface area contributed by atoms with Gasteiger partial charge >= 0.3 is 11.8 Å². The normalized spacial score (nSPS) is 8.33. The van der Waals surface area contributed by atoms with E-state index in [4.69, 9.17) is 5.84 Å². The fraction of sp³-hybridized carbons (Fsp3) is 0.333. The first-order chi connectivity index (χ1) is 4.09. The highest BCUT2D eigenvalue weighted by Gasteiger charge is 2.13. The van der Waals surface area contributed by atoms with Gasteiger partial charge in [0.2, 0.25) is 0 Å². The molecule has 0 aromatic carbocycles. The number of hydrogen-bond acceptors (Lipinski definition) is 4. The first kappa shape index (κ1) is 7.86. The minimum absolute atomic E-state index is 0.641. The predicted molar refractivity (Wildman–Crippen MR) is 29.3 cm³/mol. The molecule has 0 aliphatic rings. The summed E-state index contributed by atoms with van der Waals surface area (Å²) in [6.07, 6.45) is 0. The van der Waals surface area contributed by atoms with Gasteiger partial charge in [-0.15, -0.1) is 0 Å². The molecule has 0 aliphatic carbocycles. The number of hydrazine groups is 2. The Morgan fingerprint density at radius 3 is 2.11 bits per heavy atom. The molecule has 0 aromatic heterocycles. The van der Waals surface area contributed by atoms with E-state index >= 15 is 0 Å². The number of nitrogens with one attached hydrogen (secondary N) is 1. The number of carbonyl (C=O) groups is 2. The number of likely N-dealkylation sites (N-methyl/N-ethyl adjacent to an activating group) is 1.